The lowest BCUT2D eigenvalue weighted by atomic mass is 10.0. The zero-order valence-electron chi connectivity index (χ0n) is 8.22. The van der Waals surface area contributed by atoms with Crippen molar-refractivity contribution in [2.24, 2.45) is 0 Å². The van der Waals surface area contributed by atoms with Crippen LogP contribution >= 0.6 is 0 Å². The first kappa shape index (κ1) is 9.28. The third kappa shape index (κ3) is 1.27. The lowest BCUT2D eigenvalue weighted by Gasteiger charge is -2.04. The van der Waals surface area contributed by atoms with Gasteiger partial charge < -0.3 is 0 Å². The first-order valence-corrected chi connectivity index (χ1v) is 4.85. The first-order chi connectivity index (χ1) is 7.75. The van der Waals surface area contributed by atoms with Crippen LogP contribution in [0.15, 0.2) is 36.4 Å². The summed E-state index contributed by atoms with van der Waals surface area (Å²) in [6.07, 6.45) is 0. The molecule has 0 saturated heterocycles. The molecule has 0 amide bonds. The van der Waals surface area contributed by atoms with Crippen molar-refractivity contribution >= 4 is 21.5 Å². The second-order valence-electron chi connectivity index (χ2n) is 3.62. The molecular weight excluding hydrogens is 206 g/mol. The van der Waals surface area contributed by atoms with Crippen molar-refractivity contribution < 1.29 is 8.78 Å². The Morgan fingerprint density at radius 2 is 1.81 bits per heavy atom. The van der Waals surface area contributed by atoms with Gasteiger partial charge in [-0.2, -0.15) is 0 Å². The van der Waals surface area contributed by atoms with Gasteiger partial charge in [0.1, 0.15) is 11.6 Å². The highest BCUT2D eigenvalue weighted by Gasteiger charge is 2.07. The fourth-order valence-corrected chi connectivity index (χ4v) is 1.86. The maximum atomic E-state index is 14.0. The molecule has 0 nitrogen and oxygen atoms in total. The molecule has 0 aliphatic carbocycles. The van der Waals surface area contributed by atoms with E-state index in [4.69, 9.17) is 0 Å². The molecule has 0 fully saturated rings. The summed E-state index contributed by atoms with van der Waals surface area (Å²) in [5.41, 5.74) is 0. The first-order valence-electron chi connectivity index (χ1n) is 4.85. The van der Waals surface area contributed by atoms with E-state index in [2.05, 4.69) is 12.1 Å². The average molecular weight is 212 g/mol. The normalized spacial score (nSPS) is 11.1. The van der Waals surface area contributed by atoms with Gasteiger partial charge in [-0.05, 0) is 41.1 Å². The lowest BCUT2D eigenvalue weighted by molar-refractivity contribution is 0.622. The molecule has 0 N–H and O–H groups in total. The molecule has 0 spiro atoms. The van der Waals surface area contributed by atoms with Gasteiger partial charge in [-0.25, -0.2) is 8.78 Å². The minimum atomic E-state index is -0.550. The van der Waals surface area contributed by atoms with Crippen molar-refractivity contribution in [2.45, 2.75) is 0 Å². The highest BCUT2D eigenvalue weighted by atomic mass is 19.1. The molecule has 0 saturated carbocycles. The summed E-state index contributed by atoms with van der Waals surface area (Å²) in [6, 6.07) is 14.8. The van der Waals surface area contributed by atoms with Crippen LogP contribution in [0, 0.1) is 23.8 Å². The number of halogens is 2. The number of benzene rings is 3. The Hall–Kier alpha value is -1.96. The second kappa shape index (κ2) is 3.27. The smallest absolute Gasteiger partial charge is 0.138 e. The van der Waals surface area contributed by atoms with E-state index in [1.54, 1.807) is 18.2 Å². The van der Waals surface area contributed by atoms with Gasteiger partial charge >= 0.3 is 0 Å². The van der Waals surface area contributed by atoms with Gasteiger partial charge in [0.05, 0.1) is 0 Å². The van der Waals surface area contributed by atoms with Crippen LogP contribution in [-0.4, -0.2) is 0 Å². The van der Waals surface area contributed by atoms with Gasteiger partial charge in [0.2, 0.25) is 0 Å². The molecule has 2 heteroatoms. The van der Waals surface area contributed by atoms with Crippen LogP contribution in [0.2, 0.25) is 0 Å². The summed E-state index contributed by atoms with van der Waals surface area (Å²) < 4.78 is 27.0. The molecule has 3 aromatic rings. The number of hydrogen-bond donors (Lipinski definition) is 0. The molecule has 0 aliphatic rings. The lowest BCUT2D eigenvalue weighted by Crippen LogP contribution is -1.85. The van der Waals surface area contributed by atoms with Crippen LogP contribution in [-0.2, 0) is 0 Å². The molecule has 0 aliphatic heterocycles. The molecule has 16 heavy (non-hydrogen) atoms. The van der Waals surface area contributed by atoms with E-state index in [-0.39, 0.29) is 5.39 Å². The molecule has 0 unspecified atom stereocenters. The molecule has 3 aromatic carbocycles. The molecule has 0 atom stereocenters. The summed E-state index contributed by atoms with van der Waals surface area (Å²) in [6.45, 7) is 0. The van der Waals surface area contributed by atoms with Gasteiger partial charge in [-0.3, -0.25) is 0 Å². The summed E-state index contributed by atoms with van der Waals surface area (Å²) in [7, 11) is 0. The van der Waals surface area contributed by atoms with Crippen LogP contribution in [0.1, 0.15) is 0 Å². The minimum Gasteiger partial charge on any atom is -0.206 e. The van der Waals surface area contributed by atoms with Crippen molar-refractivity contribution in [2.75, 3.05) is 0 Å². The Morgan fingerprint density at radius 3 is 2.69 bits per heavy atom. The van der Waals surface area contributed by atoms with E-state index in [1.165, 1.54) is 6.07 Å². The van der Waals surface area contributed by atoms with E-state index >= 15 is 0 Å². The topological polar surface area (TPSA) is 0 Å². The summed E-state index contributed by atoms with van der Waals surface area (Å²) in [5, 5.41) is 2.17. The van der Waals surface area contributed by atoms with Crippen molar-refractivity contribution in [3.8, 4) is 0 Å². The van der Waals surface area contributed by atoms with Gasteiger partial charge in [-0.15, -0.1) is 0 Å². The molecule has 2 radical (unpaired) electrons. The molecule has 3 rings (SSSR count). The van der Waals surface area contributed by atoms with E-state index < -0.39 is 11.6 Å². The highest BCUT2D eigenvalue weighted by molar-refractivity contribution is 5.98. The maximum absolute atomic E-state index is 14.0. The summed E-state index contributed by atoms with van der Waals surface area (Å²) in [4.78, 5) is 0. The van der Waals surface area contributed by atoms with Crippen molar-refractivity contribution in [3.05, 3.63) is 60.2 Å². The van der Waals surface area contributed by atoms with Gasteiger partial charge in [0.25, 0.3) is 0 Å². The van der Waals surface area contributed by atoms with E-state index in [9.17, 15) is 8.78 Å². The maximum Gasteiger partial charge on any atom is 0.138 e. The standard InChI is InChI=1S/C14H6F2/c15-11-6-5-10-7-9-3-1-2-4-12(9)14(16)13(10)8-11/h1,3-5,7-8H. The fourth-order valence-electron chi connectivity index (χ4n) is 1.86. The zero-order chi connectivity index (χ0) is 11.1. The van der Waals surface area contributed by atoms with Crippen molar-refractivity contribution in [1.82, 2.24) is 0 Å². The van der Waals surface area contributed by atoms with Gasteiger partial charge in [-0.1, -0.05) is 12.1 Å². The minimum absolute atomic E-state index is 0.281. The average Bonchev–Trinajstić information content (AvgIpc) is 2.31. The molecule has 0 heterocycles. The van der Waals surface area contributed by atoms with Crippen molar-refractivity contribution in [1.29, 1.82) is 0 Å². The Balaban J connectivity index is 2.56. The predicted octanol–water partition coefficient (Wildman–Crippen LogP) is 3.87. The molecule has 0 bridgehead atoms. The number of rotatable bonds is 0. The molecular formula is C14H6F2. The molecule has 76 valence electrons. The summed E-state index contributed by atoms with van der Waals surface area (Å²) in [5.74, 6) is -0.956. The monoisotopic (exact) mass is 212 g/mol. The fraction of sp³-hybridized carbons (Fsp3) is 0. The Labute approximate surface area is 91.1 Å². The third-order valence-corrected chi connectivity index (χ3v) is 2.63. The van der Waals surface area contributed by atoms with Crippen LogP contribution in [0.3, 0.4) is 0 Å². The molecule has 0 aromatic heterocycles. The van der Waals surface area contributed by atoms with Gasteiger partial charge in [0, 0.05) is 16.8 Å². The van der Waals surface area contributed by atoms with Crippen LogP contribution < -0.4 is 0 Å². The van der Waals surface area contributed by atoms with Crippen molar-refractivity contribution in [3.63, 3.8) is 0 Å². The van der Waals surface area contributed by atoms with E-state index in [0.717, 1.165) is 11.5 Å². The van der Waals surface area contributed by atoms with Crippen LogP contribution in [0.25, 0.3) is 21.5 Å². The largest absolute Gasteiger partial charge is 0.206 e. The van der Waals surface area contributed by atoms with Gasteiger partial charge in [0.15, 0.2) is 0 Å². The van der Waals surface area contributed by atoms with E-state index in [1.807, 2.05) is 6.07 Å². The quantitative estimate of drug-likeness (QED) is 0.496. The van der Waals surface area contributed by atoms with Crippen LogP contribution in [0.4, 0.5) is 8.78 Å². The Kier molecular flexibility index (Phi) is 1.90. The second-order valence-corrected chi connectivity index (χ2v) is 3.62. The zero-order valence-corrected chi connectivity index (χ0v) is 8.22. The predicted molar refractivity (Wildman–Crippen MR) is 59.0 cm³/mol. The van der Waals surface area contributed by atoms with E-state index in [0.29, 0.717) is 10.8 Å². The van der Waals surface area contributed by atoms with Crippen LogP contribution in [0.5, 0.6) is 0 Å². The Morgan fingerprint density at radius 1 is 0.938 bits per heavy atom. The Bertz CT molecular complexity index is 687. The summed E-state index contributed by atoms with van der Waals surface area (Å²) >= 11 is 0. The number of hydrogen-bond acceptors (Lipinski definition) is 0. The SMILES string of the molecule is Fc1[c]cc2cc3cc[c]cc3c(F)c2c1. The third-order valence-electron chi connectivity index (χ3n) is 2.63. The highest BCUT2D eigenvalue weighted by Crippen LogP contribution is 2.27. The number of fused-ring (bicyclic) bond motifs is 2.